The van der Waals surface area contributed by atoms with Gasteiger partial charge in [0.15, 0.2) is 0 Å². The molecule has 3 amide bonds. The number of nitrogens with zero attached hydrogens (tertiary/aromatic N) is 2. The molecule has 0 radical (unpaired) electrons. The van der Waals surface area contributed by atoms with E-state index in [-0.39, 0.29) is 18.1 Å². The number of imide groups is 1. The van der Waals surface area contributed by atoms with Gasteiger partial charge >= 0.3 is 6.03 Å². The maximum Gasteiger partial charge on any atom is 0.329 e. The molecule has 1 aromatic carbocycles. The van der Waals surface area contributed by atoms with Crippen molar-refractivity contribution in [3.8, 4) is 5.69 Å². The molecule has 1 aromatic heterocycles. The Hall–Kier alpha value is -2.67. The Morgan fingerprint density at radius 2 is 2.00 bits per heavy atom. The minimum absolute atomic E-state index is 0.144. The average Bonchev–Trinajstić information content (AvgIpc) is 2.99. The number of halogens is 2. The largest absolute Gasteiger partial charge is 0.329 e. The molecule has 5 nitrogen and oxygen atoms in total. The smallest absolute Gasteiger partial charge is 0.315 e. The molecule has 0 spiro atoms. The van der Waals surface area contributed by atoms with E-state index in [2.05, 4.69) is 27.8 Å². The number of hydrogen-bond acceptors (Lipinski definition) is 2. The first-order chi connectivity index (χ1) is 12.3. The third-order valence-corrected chi connectivity index (χ3v) is 4.69. The lowest BCUT2D eigenvalue weighted by molar-refractivity contribution is -0.122. The Kier molecular flexibility index (Phi) is 4.82. The fraction of sp³-hybridized carbons (Fsp3) is 0.158. The van der Waals surface area contributed by atoms with Crippen LogP contribution in [0.15, 0.2) is 47.1 Å². The summed E-state index contributed by atoms with van der Waals surface area (Å²) in [4.78, 5) is 25.3. The van der Waals surface area contributed by atoms with Crippen molar-refractivity contribution in [3.05, 3.63) is 69.9 Å². The SMILES string of the molecule is C=CCN1C(=O)N/C(=C/c2cc(C)n(-c3ccc(Br)cc3F)c2C)C1=O. The summed E-state index contributed by atoms with van der Waals surface area (Å²) in [5, 5.41) is 2.56. The number of rotatable bonds is 4. The topological polar surface area (TPSA) is 54.3 Å². The number of carbonyl (C=O) groups is 2. The zero-order chi connectivity index (χ0) is 19.0. The fourth-order valence-corrected chi connectivity index (χ4v) is 3.32. The van der Waals surface area contributed by atoms with Crippen molar-refractivity contribution >= 4 is 33.9 Å². The van der Waals surface area contributed by atoms with E-state index in [0.29, 0.717) is 10.2 Å². The van der Waals surface area contributed by atoms with Gasteiger partial charge < -0.3 is 9.88 Å². The molecular formula is C19H17BrFN3O2. The molecule has 0 aliphatic carbocycles. The highest BCUT2D eigenvalue weighted by molar-refractivity contribution is 9.10. The summed E-state index contributed by atoms with van der Waals surface area (Å²) in [6, 6.07) is 6.22. The Labute approximate surface area is 158 Å². The van der Waals surface area contributed by atoms with Gasteiger partial charge in [0.25, 0.3) is 5.91 Å². The Balaban J connectivity index is 2.03. The normalized spacial score (nSPS) is 15.7. The zero-order valence-electron chi connectivity index (χ0n) is 14.3. The van der Waals surface area contributed by atoms with Gasteiger partial charge in [0.2, 0.25) is 0 Å². The first kappa shape index (κ1) is 18.1. The van der Waals surface area contributed by atoms with E-state index in [1.54, 1.807) is 22.8 Å². The molecule has 2 aromatic rings. The van der Waals surface area contributed by atoms with Gasteiger partial charge in [-0.15, -0.1) is 6.58 Å². The maximum atomic E-state index is 14.4. The second-order valence-electron chi connectivity index (χ2n) is 5.95. The third kappa shape index (κ3) is 3.10. The van der Waals surface area contributed by atoms with Crippen molar-refractivity contribution in [1.29, 1.82) is 0 Å². The molecule has 0 saturated carbocycles. The van der Waals surface area contributed by atoms with Gasteiger partial charge in [0.05, 0.1) is 5.69 Å². The fourth-order valence-electron chi connectivity index (χ4n) is 2.99. The number of benzene rings is 1. The monoisotopic (exact) mass is 417 g/mol. The lowest BCUT2D eigenvalue weighted by Crippen LogP contribution is -2.30. The second kappa shape index (κ2) is 6.92. The predicted molar refractivity (Wildman–Crippen MR) is 101 cm³/mol. The highest BCUT2D eigenvalue weighted by Gasteiger charge is 2.32. The van der Waals surface area contributed by atoms with Crippen molar-refractivity contribution in [2.24, 2.45) is 0 Å². The molecule has 7 heteroatoms. The standard InChI is InChI=1S/C19H17BrFN3O2/c1-4-7-23-18(25)16(22-19(23)26)9-13-8-11(2)24(12(13)3)17-6-5-14(20)10-15(17)21/h4-6,8-10H,1,7H2,2-3H3,(H,22,26)/b16-9+. The van der Waals surface area contributed by atoms with Crippen molar-refractivity contribution in [2.45, 2.75) is 13.8 Å². The molecule has 3 rings (SSSR count). The molecule has 0 bridgehead atoms. The van der Waals surface area contributed by atoms with Gasteiger partial charge in [-0.25, -0.2) is 9.18 Å². The molecular weight excluding hydrogens is 401 g/mol. The van der Waals surface area contributed by atoms with Gasteiger partial charge in [0.1, 0.15) is 11.5 Å². The minimum Gasteiger partial charge on any atom is -0.315 e. The first-order valence-electron chi connectivity index (χ1n) is 7.93. The Bertz CT molecular complexity index is 962. The van der Waals surface area contributed by atoms with E-state index >= 15 is 0 Å². The number of carbonyl (C=O) groups excluding carboxylic acids is 2. The van der Waals surface area contributed by atoms with Crippen LogP contribution in [0, 0.1) is 19.7 Å². The van der Waals surface area contributed by atoms with E-state index in [0.717, 1.165) is 21.9 Å². The maximum absolute atomic E-state index is 14.4. The number of aromatic nitrogens is 1. The summed E-state index contributed by atoms with van der Waals surface area (Å²) >= 11 is 3.25. The van der Waals surface area contributed by atoms with Crippen LogP contribution >= 0.6 is 15.9 Å². The minimum atomic E-state index is -0.478. The molecule has 2 heterocycles. The van der Waals surface area contributed by atoms with E-state index in [1.165, 1.54) is 12.1 Å². The Morgan fingerprint density at radius 3 is 2.65 bits per heavy atom. The van der Waals surface area contributed by atoms with Gasteiger partial charge in [-0.2, -0.15) is 0 Å². The van der Waals surface area contributed by atoms with Crippen LogP contribution in [0.1, 0.15) is 17.0 Å². The van der Waals surface area contributed by atoms with Crippen LogP contribution in [-0.2, 0) is 4.79 Å². The van der Waals surface area contributed by atoms with E-state index in [1.807, 2.05) is 19.9 Å². The summed E-state index contributed by atoms with van der Waals surface area (Å²) in [6.07, 6.45) is 3.10. The zero-order valence-corrected chi connectivity index (χ0v) is 15.9. The van der Waals surface area contributed by atoms with Crippen LogP contribution in [0.5, 0.6) is 0 Å². The molecule has 134 valence electrons. The van der Waals surface area contributed by atoms with Crippen molar-refractivity contribution in [2.75, 3.05) is 6.54 Å². The summed E-state index contributed by atoms with van der Waals surface area (Å²) < 4.78 is 16.8. The number of hydrogen-bond donors (Lipinski definition) is 1. The quantitative estimate of drug-likeness (QED) is 0.462. The highest BCUT2D eigenvalue weighted by Crippen LogP contribution is 2.26. The molecule has 1 aliphatic heterocycles. The number of urea groups is 1. The van der Waals surface area contributed by atoms with E-state index in [4.69, 9.17) is 0 Å². The molecule has 1 aliphatic rings. The second-order valence-corrected chi connectivity index (χ2v) is 6.87. The summed E-state index contributed by atoms with van der Waals surface area (Å²) in [7, 11) is 0. The van der Waals surface area contributed by atoms with Gasteiger partial charge in [-0.3, -0.25) is 9.69 Å². The van der Waals surface area contributed by atoms with Crippen molar-refractivity contribution in [1.82, 2.24) is 14.8 Å². The molecule has 1 N–H and O–H groups in total. The molecule has 1 saturated heterocycles. The van der Waals surface area contributed by atoms with Crippen LogP contribution in [0.25, 0.3) is 11.8 Å². The van der Waals surface area contributed by atoms with Crippen LogP contribution in [-0.4, -0.2) is 28.0 Å². The van der Waals surface area contributed by atoms with Crippen molar-refractivity contribution < 1.29 is 14.0 Å². The average molecular weight is 418 g/mol. The van der Waals surface area contributed by atoms with Gasteiger partial charge in [0, 0.05) is 22.4 Å². The first-order valence-corrected chi connectivity index (χ1v) is 8.72. The number of amides is 3. The molecule has 0 unspecified atom stereocenters. The Morgan fingerprint density at radius 1 is 1.27 bits per heavy atom. The van der Waals surface area contributed by atoms with E-state index in [9.17, 15) is 14.0 Å². The summed E-state index contributed by atoms with van der Waals surface area (Å²) in [6.45, 7) is 7.38. The number of aryl methyl sites for hydroxylation is 1. The van der Waals surface area contributed by atoms with E-state index < -0.39 is 11.9 Å². The van der Waals surface area contributed by atoms with Crippen LogP contribution in [0.3, 0.4) is 0 Å². The number of nitrogens with one attached hydrogen (secondary N) is 1. The lowest BCUT2D eigenvalue weighted by Gasteiger charge is -2.11. The van der Waals surface area contributed by atoms with Crippen LogP contribution < -0.4 is 5.32 Å². The third-order valence-electron chi connectivity index (χ3n) is 4.19. The van der Waals surface area contributed by atoms with Crippen LogP contribution in [0.2, 0.25) is 0 Å². The molecule has 26 heavy (non-hydrogen) atoms. The molecule has 0 atom stereocenters. The van der Waals surface area contributed by atoms with Gasteiger partial charge in [-0.1, -0.05) is 22.0 Å². The molecule has 1 fully saturated rings. The lowest BCUT2D eigenvalue weighted by atomic mass is 10.2. The van der Waals surface area contributed by atoms with Crippen LogP contribution in [0.4, 0.5) is 9.18 Å². The summed E-state index contributed by atoms with van der Waals surface area (Å²) in [5.41, 5.74) is 2.92. The van der Waals surface area contributed by atoms with Gasteiger partial charge in [-0.05, 0) is 49.8 Å². The highest BCUT2D eigenvalue weighted by atomic mass is 79.9. The van der Waals surface area contributed by atoms with Crippen molar-refractivity contribution in [3.63, 3.8) is 0 Å². The predicted octanol–water partition coefficient (Wildman–Crippen LogP) is 4.07. The summed E-state index contributed by atoms with van der Waals surface area (Å²) in [5.74, 6) is -0.766.